The number of aliphatic hydroxyl groups excluding tert-OH is 1. The van der Waals surface area contributed by atoms with Crippen LogP contribution in [0.1, 0.15) is 49.7 Å². The monoisotopic (exact) mass is 272 g/mol. The molecule has 1 aliphatic carbocycles. The third-order valence-electron chi connectivity index (χ3n) is 4.28. The normalized spacial score (nSPS) is 31.5. The van der Waals surface area contributed by atoms with E-state index in [0.29, 0.717) is 11.8 Å². The van der Waals surface area contributed by atoms with Gasteiger partial charge in [0.2, 0.25) is 0 Å². The van der Waals surface area contributed by atoms with E-state index < -0.39 is 0 Å². The Balaban J connectivity index is 2.10. The van der Waals surface area contributed by atoms with Crippen LogP contribution in [0.4, 0.5) is 0 Å². The van der Waals surface area contributed by atoms with Crippen LogP contribution in [0.25, 0.3) is 0 Å². The predicted molar refractivity (Wildman–Crippen MR) is 74.7 cm³/mol. The minimum Gasteiger partial charge on any atom is -0.387 e. The maximum atomic E-state index is 10.5. The second-order valence-electron chi connectivity index (χ2n) is 5.57. The summed E-state index contributed by atoms with van der Waals surface area (Å²) in [6.07, 6.45) is 3.11. The third-order valence-corrected chi connectivity index (χ3v) is 6.06. The van der Waals surface area contributed by atoms with Crippen LogP contribution in [0.3, 0.4) is 0 Å². The fourth-order valence-electron chi connectivity index (χ4n) is 2.74. The molecule has 1 aliphatic rings. The molecule has 0 spiro atoms. The summed E-state index contributed by atoms with van der Waals surface area (Å²) in [6, 6.07) is 0. The largest absolute Gasteiger partial charge is 0.387 e. The highest BCUT2D eigenvalue weighted by molar-refractivity contribution is 7.10. The lowest BCUT2D eigenvalue weighted by atomic mass is 9.73. The topological polar surface area (TPSA) is 20.2 Å². The number of hydrogen-bond acceptors (Lipinski definition) is 2. The Morgan fingerprint density at radius 3 is 2.59 bits per heavy atom. The Kier molecular flexibility index (Phi) is 4.17. The maximum absolute atomic E-state index is 10.5. The molecule has 3 heteroatoms. The molecule has 1 saturated carbocycles. The van der Waals surface area contributed by atoms with E-state index in [0.717, 1.165) is 34.2 Å². The molecule has 0 bridgehead atoms. The molecule has 1 N–H and O–H groups in total. The fourth-order valence-corrected chi connectivity index (χ4v) is 4.12. The van der Waals surface area contributed by atoms with Crippen molar-refractivity contribution in [1.82, 2.24) is 0 Å². The van der Waals surface area contributed by atoms with E-state index in [1.165, 1.54) is 6.42 Å². The van der Waals surface area contributed by atoms with E-state index >= 15 is 0 Å². The average Bonchev–Trinajstić information content (AvgIpc) is 2.63. The number of rotatable bonds is 2. The molecule has 2 rings (SSSR count). The molecule has 0 aliphatic heterocycles. The van der Waals surface area contributed by atoms with Crippen molar-refractivity contribution in [2.45, 2.75) is 46.1 Å². The zero-order valence-corrected chi connectivity index (χ0v) is 12.3. The molecule has 1 nitrogen and oxygen atoms in total. The Morgan fingerprint density at radius 1 is 1.35 bits per heavy atom. The van der Waals surface area contributed by atoms with Crippen molar-refractivity contribution in [3.8, 4) is 0 Å². The summed E-state index contributed by atoms with van der Waals surface area (Å²) in [4.78, 5) is 0.968. The zero-order chi connectivity index (χ0) is 12.6. The van der Waals surface area contributed by atoms with Gasteiger partial charge in [-0.05, 0) is 48.5 Å². The third kappa shape index (κ3) is 2.69. The Morgan fingerprint density at radius 2 is 2.06 bits per heavy atom. The summed E-state index contributed by atoms with van der Waals surface area (Å²) in [6.45, 7) is 6.61. The lowest BCUT2D eigenvalue weighted by Gasteiger charge is -2.34. The van der Waals surface area contributed by atoms with Gasteiger partial charge in [-0.25, -0.2) is 0 Å². The summed E-state index contributed by atoms with van der Waals surface area (Å²) in [5, 5.41) is 13.3. The second kappa shape index (κ2) is 5.29. The molecule has 0 saturated heterocycles. The van der Waals surface area contributed by atoms with E-state index in [2.05, 4.69) is 13.8 Å². The van der Waals surface area contributed by atoms with Gasteiger partial charge in [-0.3, -0.25) is 0 Å². The van der Waals surface area contributed by atoms with Gasteiger partial charge in [0.05, 0.1) is 16.0 Å². The van der Waals surface area contributed by atoms with Crippen molar-refractivity contribution >= 4 is 22.9 Å². The SMILES string of the molecule is Cc1csc(C(O)C2CCC(C)C(C)C2)c1Cl. The zero-order valence-electron chi connectivity index (χ0n) is 10.7. The van der Waals surface area contributed by atoms with E-state index in [9.17, 15) is 5.11 Å². The van der Waals surface area contributed by atoms with Crippen molar-refractivity contribution in [3.05, 3.63) is 20.8 Å². The molecule has 0 aromatic carbocycles. The molecule has 4 atom stereocenters. The molecule has 1 aromatic rings. The highest BCUT2D eigenvalue weighted by atomic mass is 35.5. The minimum atomic E-state index is -0.365. The van der Waals surface area contributed by atoms with Crippen LogP contribution >= 0.6 is 22.9 Å². The van der Waals surface area contributed by atoms with Gasteiger partial charge in [-0.1, -0.05) is 31.9 Å². The number of aliphatic hydroxyl groups is 1. The van der Waals surface area contributed by atoms with Gasteiger partial charge in [0.15, 0.2) is 0 Å². The molecule has 1 aromatic heterocycles. The smallest absolute Gasteiger partial charge is 0.0925 e. The van der Waals surface area contributed by atoms with E-state index in [4.69, 9.17) is 11.6 Å². The number of hydrogen-bond donors (Lipinski definition) is 1. The van der Waals surface area contributed by atoms with Crippen LogP contribution in [-0.2, 0) is 0 Å². The van der Waals surface area contributed by atoms with Gasteiger partial charge in [-0.2, -0.15) is 0 Å². The average molecular weight is 273 g/mol. The van der Waals surface area contributed by atoms with E-state index in [1.54, 1.807) is 11.3 Å². The first-order valence-electron chi connectivity index (χ1n) is 6.42. The Hall–Kier alpha value is -0.0500. The molecular weight excluding hydrogens is 252 g/mol. The lowest BCUT2D eigenvalue weighted by Crippen LogP contribution is -2.25. The van der Waals surface area contributed by atoms with Gasteiger partial charge in [0.1, 0.15) is 0 Å². The summed E-state index contributed by atoms with van der Waals surface area (Å²) in [5.41, 5.74) is 1.09. The first-order valence-corrected chi connectivity index (χ1v) is 7.68. The van der Waals surface area contributed by atoms with Crippen molar-refractivity contribution < 1.29 is 5.11 Å². The van der Waals surface area contributed by atoms with Gasteiger partial charge in [0, 0.05) is 0 Å². The van der Waals surface area contributed by atoms with Crippen molar-refractivity contribution in [2.75, 3.05) is 0 Å². The van der Waals surface area contributed by atoms with Crippen molar-refractivity contribution in [2.24, 2.45) is 17.8 Å². The maximum Gasteiger partial charge on any atom is 0.0925 e. The Bertz CT molecular complexity index is 388. The number of thiophene rings is 1. The van der Waals surface area contributed by atoms with Crippen LogP contribution in [0.15, 0.2) is 5.38 Å². The summed E-state index contributed by atoms with van der Waals surface area (Å²) in [5.74, 6) is 1.89. The first-order chi connectivity index (χ1) is 8.00. The number of aryl methyl sites for hydroxylation is 1. The summed E-state index contributed by atoms with van der Waals surface area (Å²) in [7, 11) is 0. The molecule has 17 heavy (non-hydrogen) atoms. The Labute approximate surface area is 113 Å². The highest BCUT2D eigenvalue weighted by Crippen LogP contribution is 2.43. The van der Waals surface area contributed by atoms with Gasteiger partial charge in [-0.15, -0.1) is 11.3 Å². The molecule has 96 valence electrons. The van der Waals surface area contributed by atoms with Crippen LogP contribution in [0.2, 0.25) is 5.02 Å². The fraction of sp³-hybridized carbons (Fsp3) is 0.714. The molecule has 1 heterocycles. The van der Waals surface area contributed by atoms with Crippen LogP contribution < -0.4 is 0 Å². The van der Waals surface area contributed by atoms with Crippen LogP contribution in [0.5, 0.6) is 0 Å². The quantitative estimate of drug-likeness (QED) is 0.819. The highest BCUT2D eigenvalue weighted by Gasteiger charge is 2.31. The van der Waals surface area contributed by atoms with Crippen LogP contribution in [-0.4, -0.2) is 5.11 Å². The van der Waals surface area contributed by atoms with E-state index in [1.807, 2.05) is 12.3 Å². The molecule has 1 fully saturated rings. The molecule has 0 amide bonds. The van der Waals surface area contributed by atoms with Gasteiger partial charge >= 0.3 is 0 Å². The predicted octanol–water partition coefficient (Wildman–Crippen LogP) is 4.82. The van der Waals surface area contributed by atoms with E-state index in [-0.39, 0.29) is 6.10 Å². The molecule has 4 unspecified atom stereocenters. The molecular formula is C14H21ClOS. The molecule has 0 radical (unpaired) electrons. The number of halogens is 1. The lowest BCUT2D eigenvalue weighted by molar-refractivity contribution is 0.0586. The van der Waals surface area contributed by atoms with Gasteiger partial charge < -0.3 is 5.11 Å². The second-order valence-corrected chi connectivity index (χ2v) is 6.86. The van der Waals surface area contributed by atoms with Crippen molar-refractivity contribution in [3.63, 3.8) is 0 Å². The van der Waals surface area contributed by atoms with Gasteiger partial charge in [0.25, 0.3) is 0 Å². The van der Waals surface area contributed by atoms with Crippen LogP contribution in [0, 0.1) is 24.7 Å². The minimum absolute atomic E-state index is 0.365. The summed E-state index contributed by atoms with van der Waals surface area (Å²) >= 11 is 7.84. The standard InChI is InChI=1S/C14H21ClOS/c1-8-4-5-11(6-9(8)2)13(16)14-12(15)10(3)7-17-14/h7-9,11,13,16H,4-6H2,1-3H3. The summed E-state index contributed by atoms with van der Waals surface area (Å²) < 4.78 is 0. The van der Waals surface area contributed by atoms with Crippen molar-refractivity contribution in [1.29, 1.82) is 0 Å². The first kappa shape index (κ1) is 13.4.